The highest BCUT2D eigenvalue weighted by atomic mass is 19.1. The molecule has 0 spiro atoms. The molecule has 24 heavy (non-hydrogen) atoms. The Labute approximate surface area is 143 Å². The monoisotopic (exact) mass is 326 g/mol. The van der Waals surface area contributed by atoms with Crippen molar-refractivity contribution in [3.8, 4) is 5.75 Å². The van der Waals surface area contributed by atoms with Crippen molar-refractivity contribution >= 4 is 11.9 Å². The maximum atomic E-state index is 13.6. The topological polar surface area (TPSA) is 12.2 Å². The van der Waals surface area contributed by atoms with Crippen LogP contribution >= 0.6 is 0 Å². The number of nitrogens with zero attached hydrogens (tertiary/aromatic N) is 1. The Balaban J connectivity index is 2.24. The van der Waals surface area contributed by atoms with Crippen LogP contribution in [0.25, 0.3) is 0 Å². The van der Waals surface area contributed by atoms with E-state index >= 15 is 0 Å². The molecule has 0 aromatic heterocycles. The van der Waals surface area contributed by atoms with Crippen LogP contribution in [-0.2, 0) is 0 Å². The fourth-order valence-corrected chi connectivity index (χ4v) is 3.28. The molecule has 0 aliphatic carbocycles. The van der Waals surface area contributed by atoms with Gasteiger partial charge in [-0.1, -0.05) is 45.9 Å². The van der Waals surface area contributed by atoms with Gasteiger partial charge in [0.1, 0.15) is 11.6 Å². The minimum atomic E-state index is -0.246. The number of hydrogen-bond donors (Lipinski definition) is 0. The molecule has 3 heteroatoms. The van der Waals surface area contributed by atoms with Gasteiger partial charge in [0.05, 0.1) is 5.56 Å². The highest BCUT2D eigenvalue weighted by Gasteiger charge is 2.32. The molecule has 1 aliphatic rings. The second-order valence-electron chi connectivity index (χ2n) is 7.03. The fourth-order valence-electron chi connectivity index (χ4n) is 3.28. The standard InChI is InChI=1S/C21H25FNO/c1-13(2)18-7-6-8-19(14(3)4)21(18)23-12-16-11-17(22)9-10-20(16)24-15(23)5/h6-15H,1-5H3/q+1. The second-order valence-corrected chi connectivity index (χ2v) is 7.03. The lowest BCUT2D eigenvalue weighted by molar-refractivity contribution is -0.523. The van der Waals surface area contributed by atoms with Gasteiger partial charge < -0.3 is 4.74 Å². The third kappa shape index (κ3) is 2.95. The summed E-state index contributed by atoms with van der Waals surface area (Å²) in [7, 11) is 0. The molecule has 126 valence electrons. The van der Waals surface area contributed by atoms with Crippen LogP contribution in [0.5, 0.6) is 5.75 Å². The predicted octanol–water partition coefficient (Wildman–Crippen LogP) is 5.57. The molecule has 1 unspecified atom stereocenters. The van der Waals surface area contributed by atoms with E-state index in [1.165, 1.54) is 28.9 Å². The number of para-hydroxylation sites is 1. The van der Waals surface area contributed by atoms with Crippen molar-refractivity contribution in [3.63, 3.8) is 0 Å². The van der Waals surface area contributed by atoms with Crippen molar-refractivity contribution in [2.24, 2.45) is 0 Å². The molecular weight excluding hydrogens is 301 g/mol. The van der Waals surface area contributed by atoms with Gasteiger partial charge in [-0.2, -0.15) is 4.58 Å². The van der Waals surface area contributed by atoms with Gasteiger partial charge in [-0.15, -0.1) is 0 Å². The molecule has 0 amide bonds. The average molecular weight is 326 g/mol. The highest BCUT2D eigenvalue weighted by Crippen LogP contribution is 2.37. The highest BCUT2D eigenvalue weighted by molar-refractivity contribution is 5.82. The minimum absolute atomic E-state index is 0.139. The normalized spacial score (nSPS) is 16.8. The number of hydrogen-bond acceptors (Lipinski definition) is 1. The molecule has 0 radical (unpaired) electrons. The van der Waals surface area contributed by atoms with Crippen LogP contribution in [0.1, 0.15) is 63.1 Å². The zero-order valence-corrected chi connectivity index (χ0v) is 15.0. The maximum absolute atomic E-state index is 13.6. The Morgan fingerprint density at radius 3 is 2.21 bits per heavy atom. The van der Waals surface area contributed by atoms with Gasteiger partial charge in [0.15, 0.2) is 6.21 Å². The summed E-state index contributed by atoms with van der Waals surface area (Å²) >= 11 is 0. The van der Waals surface area contributed by atoms with E-state index in [0.717, 1.165) is 11.3 Å². The van der Waals surface area contributed by atoms with Crippen LogP contribution in [0.3, 0.4) is 0 Å². The second kappa shape index (κ2) is 6.39. The zero-order valence-electron chi connectivity index (χ0n) is 15.0. The number of ether oxygens (including phenoxy) is 1. The Kier molecular flexibility index (Phi) is 4.44. The lowest BCUT2D eigenvalue weighted by Crippen LogP contribution is -2.32. The van der Waals surface area contributed by atoms with Crippen molar-refractivity contribution in [2.75, 3.05) is 0 Å². The Bertz CT molecular complexity index is 766. The summed E-state index contributed by atoms with van der Waals surface area (Å²) < 4.78 is 21.8. The first-order chi connectivity index (χ1) is 11.4. The molecule has 0 fully saturated rings. The molecule has 1 atom stereocenters. The molecule has 2 aromatic carbocycles. The van der Waals surface area contributed by atoms with Crippen molar-refractivity contribution in [1.82, 2.24) is 0 Å². The smallest absolute Gasteiger partial charge is 0.299 e. The lowest BCUT2D eigenvalue weighted by atomic mass is 9.92. The summed E-state index contributed by atoms with van der Waals surface area (Å²) in [6, 6.07) is 11.1. The largest absolute Gasteiger partial charge is 0.433 e. The Morgan fingerprint density at radius 2 is 1.62 bits per heavy atom. The minimum Gasteiger partial charge on any atom is -0.433 e. The van der Waals surface area contributed by atoms with Crippen LogP contribution in [0.4, 0.5) is 10.1 Å². The van der Waals surface area contributed by atoms with E-state index in [1.807, 2.05) is 13.1 Å². The number of halogens is 1. The van der Waals surface area contributed by atoms with Crippen molar-refractivity contribution in [1.29, 1.82) is 0 Å². The van der Waals surface area contributed by atoms with Gasteiger partial charge in [-0.3, -0.25) is 0 Å². The van der Waals surface area contributed by atoms with Gasteiger partial charge in [-0.05, 0) is 30.0 Å². The number of benzene rings is 2. The van der Waals surface area contributed by atoms with E-state index in [9.17, 15) is 4.39 Å². The van der Waals surface area contributed by atoms with E-state index in [4.69, 9.17) is 4.74 Å². The van der Waals surface area contributed by atoms with Gasteiger partial charge in [0, 0.05) is 18.1 Å². The molecule has 0 saturated heterocycles. The van der Waals surface area contributed by atoms with Gasteiger partial charge >= 0.3 is 0 Å². The quantitative estimate of drug-likeness (QED) is 0.671. The molecule has 0 bridgehead atoms. The molecule has 1 heterocycles. The van der Waals surface area contributed by atoms with E-state index in [-0.39, 0.29) is 12.0 Å². The first-order valence-electron chi connectivity index (χ1n) is 8.60. The van der Waals surface area contributed by atoms with Crippen LogP contribution in [0, 0.1) is 5.82 Å². The zero-order chi connectivity index (χ0) is 17.4. The summed E-state index contributed by atoms with van der Waals surface area (Å²) in [6.45, 7) is 10.8. The number of fused-ring (bicyclic) bond motifs is 1. The molecule has 3 rings (SSSR count). The molecule has 1 aliphatic heterocycles. The van der Waals surface area contributed by atoms with E-state index in [2.05, 4.69) is 50.5 Å². The Hall–Kier alpha value is -2.16. The van der Waals surface area contributed by atoms with Crippen LogP contribution in [0.2, 0.25) is 0 Å². The van der Waals surface area contributed by atoms with E-state index in [0.29, 0.717) is 11.8 Å². The molecular formula is C21H25FNO+. The maximum Gasteiger partial charge on any atom is 0.299 e. The molecule has 0 N–H and O–H groups in total. The summed E-state index contributed by atoms with van der Waals surface area (Å²) in [5.74, 6) is 1.28. The number of rotatable bonds is 3. The van der Waals surface area contributed by atoms with Crippen LogP contribution in [0.15, 0.2) is 36.4 Å². The van der Waals surface area contributed by atoms with E-state index < -0.39 is 0 Å². The average Bonchev–Trinajstić information content (AvgIpc) is 2.53. The van der Waals surface area contributed by atoms with Gasteiger partial charge in [-0.25, -0.2) is 4.39 Å². The summed E-state index contributed by atoms with van der Waals surface area (Å²) in [5.41, 5.74) is 4.53. The fraction of sp³-hybridized carbons (Fsp3) is 0.381. The summed E-state index contributed by atoms with van der Waals surface area (Å²) in [4.78, 5) is 0. The molecule has 2 aromatic rings. The van der Waals surface area contributed by atoms with Crippen molar-refractivity contribution in [2.45, 2.75) is 52.7 Å². The van der Waals surface area contributed by atoms with Gasteiger partial charge in [0.25, 0.3) is 6.23 Å². The van der Waals surface area contributed by atoms with Gasteiger partial charge in [0.2, 0.25) is 5.69 Å². The Morgan fingerprint density at radius 1 is 1.00 bits per heavy atom. The first-order valence-corrected chi connectivity index (χ1v) is 8.60. The molecule has 0 saturated carbocycles. The van der Waals surface area contributed by atoms with Crippen LogP contribution in [-0.4, -0.2) is 17.0 Å². The van der Waals surface area contributed by atoms with E-state index in [1.54, 1.807) is 6.07 Å². The summed E-state index contributed by atoms with van der Waals surface area (Å²) in [6.07, 6.45) is 1.88. The van der Waals surface area contributed by atoms with Crippen molar-refractivity contribution in [3.05, 3.63) is 58.9 Å². The third-order valence-corrected chi connectivity index (χ3v) is 4.54. The third-order valence-electron chi connectivity index (χ3n) is 4.54. The molecule has 2 nitrogen and oxygen atoms in total. The van der Waals surface area contributed by atoms with Crippen LogP contribution < -0.4 is 4.74 Å². The summed E-state index contributed by atoms with van der Waals surface area (Å²) in [5, 5.41) is 0. The predicted molar refractivity (Wildman–Crippen MR) is 96.2 cm³/mol. The first kappa shape index (κ1) is 16.7. The van der Waals surface area contributed by atoms with Crippen molar-refractivity contribution < 1.29 is 13.7 Å². The SMILES string of the molecule is CC(C)c1cccc(C(C)C)c1[N+]1=Cc2cc(F)ccc2OC1C. The lowest BCUT2D eigenvalue weighted by Gasteiger charge is -2.24.